The quantitative estimate of drug-likeness (QED) is 0.622. The summed E-state index contributed by atoms with van der Waals surface area (Å²) in [5, 5.41) is 15.8. The first-order chi connectivity index (χ1) is 15.0. The van der Waals surface area contributed by atoms with Crippen LogP contribution < -0.4 is 19.5 Å². The van der Waals surface area contributed by atoms with Crippen molar-refractivity contribution in [3.8, 4) is 23.2 Å². The maximum atomic E-state index is 12.6. The molecule has 2 aromatic heterocycles. The Morgan fingerprint density at radius 2 is 1.87 bits per heavy atom. The third-order valence-electron chi connectivity index (χ3n) is 5.12. The average Bonchev–Trinajstić information content (AvgIpc) is 3.11. The highest BCUT2D eigenvalue weighted by Crippen LogP contribution is 2.42. The summed E-state index contributed by atoms with van der Waals surface area (Å²) in [6.07, 6.45) is 0.313. The van der Waals surface area contributed by atoms with Gasteiger partial charge in [0.15, 0.2) is 17.3 Å². The minimum absolute atomic E-state index is 0.0908. The molecule has 162 valence electrons. The number of amides is 1. The standard InChI is InChI=1S/C22H25N5O4/c1-5-30-16-8-7-14(11-17(16)31-6-2)15-12-19(28)23-22-21(15)13(3)26-27(22)18-9-10-20(29-4)25-24-18/h7-11,15H,5-6,12H2,1-4H3,(H,23,28)/t15-/m1/s1. The van der Waals surface area contributed by atoms with Gasteiger partial charge in [-0.1, -0.05) is 6.07 Å². The van der Waals surface area contributed by atoms with E-state index in [2.05, 4.69) is 20.6 Å². The Labute approximate surface area is 180 Å². The van der Waals surface area contributed by atoms with Crippen LogP contribution in [-0.2, 0) is 4.79 Å². The number of anilines is 1. The third-order valence-corrected chi connectivity index (χ3v) is 5.12. The number of nitrogens with zero attached hydrogens (tertiary/aromatic N) is 4. The van der Waals surface area contributed by atoms with Gasteiger partial charge in [0.25, 0.3) is 0 Å². The van der Waals surface area contributed by atoms with Crippen molar-refractivity contribution in [2.45, 2.75) is 33.1 Å². The van der Waals surface area contributed by atoms with Gasteiger partial charge in [0, 0.05) is 24.0 Å². The van der Waals surface area contributed by atoms with Crippen molar-refractivity contribution in [1.82, 2.24) is 20.0 Å². The number of methoxy groups -OCH3 is 1. The number of ether oxygens (including phenoxy) is 3. The average molecular weight is 423 g/mol. The molecule has 31 heavy (non-hydrogen) atoms. The van der Waals surface area contributed by atoms with Crippen LogP contribution in [0.15, 0.2) is 30.3 Å². The second-order valence-corrected chi connectivity index (χ2v) is 7.07. The van der Waals surface area contributed by atoms with Gasteiger partial charge in [-0.25, -0.2) is 0 Å². The number of aromatic nitrogens is 4. The zero-order chi connectivity index (χ0) is 22.0. The molecule has 0 saturated heterocycles. The molecule has 1 aliphatic heterocycles. The first kappa shape index (κ1) is 20.6. The molecule has 3 heterocycles. The second-order valence-electron chi connectivity index (χ2n) is 7.07. The van der Waals surface area contributed by atoms with Crippen LogP contribution in [0.25, 0.3) is 5.82 Å². The van der Waals surface area contributed by atoms with Crippen LogP contribution in [0.4, 0.5) is 5.82 Å². The van der Waals surface area contributed by atoms with E-state index in [0.29, 0.717) is 48.6 Å². The molecule has 1 atom stereocenters. The maximum Gasteiger partial charge on any atom is 0.233 e. The van der Waals surface area contributed by atoms with Crippen molar-refractivity contribution in [1.29, 1.82) is 0 Å². The first-order valence-electron chi connectivity index (χ1n) is 10.2. The zero-order valence-corrected chi connectivity index (χ0v) is 18.0. The summed E-state index contributed by atoms with van der Waals surface area (Å²) in [6, 6.07) is 9.27. The molecule has 0 unspecified atom stereocenters. The zero-order valence-electron chi connectivity index (χ0n) is 18.0. The van der Waals surface area contributed by atoms with Gasteiger partial charge in [0.1, 0.15) is 5.82 Å². The van der Waals surface area contributed by atoms with Crippen LogP contribution in [-0.4, -0.2) is 46.2 Å². The minimum Gasteiger partial charge on any atom is -0.490 e. The molecule has 0 aliphatic carbocycles. The number of aryl methyl sites for hydroxylation is 1. The van der Waals surface area contributed by atoms with Crippen molar-refractivity contribution < 1.29 is 19.0 Å². The van der Waals surface area contributed by atoms with Crippen LogP contribution >= 0.6 is 0 Å². The van der Waals surface area contributed by atoms with Gasteiger partial charge in [-0.15, -0.1) is 10.2 Å². The van der Waals surface area contributed by atoms with E-state index in [1.165, 1.54) is 7.11 Å². The molecule has 0 bridgehead atoms. The summed E-state index contributed by atoms with van der Waals surface area (Å²) in [4.78, 5) is 12.6. The second kappa shape index (κ2) is 8.63. The van der Waals surface area contributed by atoms with Gasteiger partial charge in [0.2, 0.25) is 11.8 Å². The molecule has 0 radical (unpaired) electrons. The topological polar surface area (TPSA) is 100 Å². The Balaban J connectivity index is 1.78. The minimum atomic E-state index is -0.168. The highest BCUT2D eigenvalue weighted by atomic mass is 16.5. The molecule has 9 nitrogen and oxygen atoms in total. The number of carbonyl (C=O) groups is 1. The van der Waals surface area contributed by atoms with Crippen molar-refractivity contribution in [2.24, 2.45) is 0 Å². The third kappa shape index (κ3) is 3.90. The van der Waals surface area contributed by atoms with Gasteiger partial charge < -0.3 is 19.5 Å². The van der Waals surface area contributed by atoms with Gasteiger partial charge in [-0.05, 0) is 44.5 Å². The molecule has 0 fully saturated rings. The fraction of sp³-hybridized carbons (Fsp3) is 0.364. The van der Waals surface area contributed by atoms with E-state index in [1.54, 1.807) is 16.8 Å². The molecule has 1 aliphatic rings. The predicted molar refractivity (Wildman–Crippen MR) is 114 cm³/mol. The Morgan fingerprint density at radius 1 is 1.10 bits per heavy atom. The summed E-state index contributed by atoms with van der Waals surface area (Å²) in [6.45, 7) is 6.85. The summed E-state index contributed by atoms with van der Waals surface area (Å²) >= 11 is 0. The molecule has 0 saturated carbocycles. The monoisotopic (exact) mass is 423 g/mol. The maximum absolute atomic E-state index is 12.6. The van der Waals surface area contributed by atoms with E-state index in [-0.39, 0.29) is 11.8 Å². The lowest BCUT2D eigenvalue weighted by Gasteiger charge is -2.25. The van der Waals surface area contributed by atoms with Gasteiger partial charge in [-0.2, -0.15) is 9.78 Å². The van der Waals surface area contributed by atoms with Crippen LogP contribution in [0.3, 0.4) is 0 Å². The summed E-state index contributed by atoms with van der Waals surface area (Å²) < 4.78 is 18.2. The predicted octanol–water partition coefficient (Wildman–Crippen LogP) is 3.25. The van der Waals surface area contributed by atoms with Gasteiger partial charge in [0.05, 0.1) is 26.0 Å². The SMILES string of the molecule is CCOc1ccc([C@H]2CC(=O)Nc3c2c(C)nn3-c2ccc(OC)nn2)cc1OCC. The van der Waals surface area contributed by atoms with Crippen molar-refractivity contribution in [2.75, 3.05) is 25.6 Å². The molecule has 4 rings (SSSR count). The molecule has 0 spiro atoms. The van der Waals surface area contributed by atoms with E-state index in [1.807, 2.05) is 39.0 Å². The number of rotatable bonds is 7. The number of nitrogens with one attached hydrogen (secondary N) is 1. The number of hydrogen-bond donors (Lipinski definition) is 1. The lowest BCUT2D eigenvalue weighted by Crippen LogP contribution is -2.25. The van der Waals surface area contributed by atoms with E-state index in [9.17, 15) is 4.79 Å². The summed E-state index contributed by atoms with van der Waals surface area (Å²) in [7, 11) is 1.53. The highest BCUT2D eigenvalue weighted by Gasteiger charge is 2.33. The smallest absolute Gasteiger partial charge is 0.233 e. The number of hydrogen-bond acceptors (Lipinski definition) is 7. The van der Waals surface area contributed by atoms with Gasteiger partial charge in [-0.3, -0.25) is 4.79 Å². The van der Waals surface area contributed by atoms with Crippen LogP contribution in [0, 0.1) is 6.92 Å². The molecule has 1 N–H and O–H groups in total. The van der Waals surface area contributed by atoms with Crippen LogP contribution in [0.2, 0.25) is 0 Å². The lowest BCUT2D eigenvalue weighted by atomic mass is 9.85. The van der Waals surface area contributed by atoms with E-state index < -0.39 is 0 Å². The first-order valence-corrected chi connectivity index (χ1v) is 10.2. The molecular formula is C22H25N5O4. The van der Waals surface area contributed by atoms with Crippen LogP contribution in [0.5, 0.6) is 17.4 Å². The van der Waals surface area contributed by atoms with Crippen molar-refractivity contribution >= 4 is 11.7 Å². The van der Waals surface area contributed by atoms with E-state index in [0.717, 1.165) is 16.8 Å². The Morgan fingerprint density at radius 3 is 2.55 bits per heavy atom. The van der Waals surface area contributed by atoms with Gasteiger partial charge >= 0.3 is 0 Å². The fourth-order valence-electron chi connectivity index (χ4n) is 3.82. The Hall–Kier alpha value is -3.62. The van der Waals surface area contributed by atoms with Crippen molar-refractivity contribution in [3.05, 3.63) is 47.2 Å². The number of carbonyl (C=O) groups excluding carboxylic acids is 1. The molecular weight excluding hydrogens is 398 g/mol. The van der Waals surface area contributed by atoms with E-state index >= 15 is 0 Å². The Bertz CT molecular complexity index is 1090. The molecule has 1 amide bonds. The highest BCUT2D eigenvalue weighted by molar-refractivity contribution is 5.95. The summed E-state index contributed by atoms with van der Waals surface area (Å²) in [5.41, 5.74) is 2.72. The summed E-state index contributed by atoms with van der Waals surface area (Å²) in [5.74, 6) is 2.60. The van der Waals surface area contributed by atoms with Crippen molar-refractivity contribution in [3.63, 3.8) is 0 Å². The largest absolute Gasteiger partial charge is 0.490 e. The normalized spacial score (nSPS) is 15.2. The number of fused-ring (bicyclic) bond motifs is 1. The lowest BCUT2D eigenvalue weighted by molar-refractivity contribution is -0.116. The molecule has 9 heteroatoms. The fourth-order valence-corrected chi connectivity index (χ4v) is 3.82. The van der Waals surface area contributed by atoms with E-state index in [4.69, 9.17) is 14.2 Å². The molecule has 3 aromatic rings. The van der Waals surface area contributed by atoms with Crippen LogP contribution in [0.1, 0.15) is 43.0 Å². The number of benzene rings is 1. The Kier molecular flexibility index (Phi) is 5.75. The molecule has 1 aromatic carbocycles.